The number of hydrogen-bond acceptors (Lipinski definition) is 3. The Kier molecular flexibility index (Phi) is 6.08. The highest BCUT2D eigenvalue weighted by atomic mass is 35.5. The largest absolute Gasteiger partial charge is 0.492 e. The van der Waals surface area contributed by atoms with Crippen molar-refractivity contribution in [2.45, 2.75) is 13.0 Å². The van der Waals surface area contributed by atoms with Crippen LogP contribution < -0.4 is 10.1 Å². The minimum Gasteiger partial charge on any atom is -0.492 e. The number of nitrogens with zero attached hydrogens (tertiary/aromatic N) is 1. The Balaban J connectivity index is 1.68. The lowest BCUT2D eigenvalue weighted by Gasteiger charge is -2.09. The van der Waals surface area contributed by atoms with Gasteiger partial charge < -0.3 is 10.1 Å². The van der Waals surface area contributed by atoms with E-state index >= 15 is 0 Å². The number of ether oxygens (including phenoxy) is 1. The Morgan fingerprint density at radius 1 is 1.14 bits per heavy atom. The van der Waals surface area contributed by atoms with Crippen molar-refractivity contribution >= 4 is 11.6 Å². The quantitative estimate of drug-likeness (QED) is 0.792. The van der Waals surface area contributed by atoms with E-state index in [9.17, 15) is 0 Å². The molecule has 2 aromatic rings. The molecule has 0 aromatic heterocycles. The molecule has 0 saturated heterocycles. The summed E-state index contributed by atoms with van der Waals surface area (Å²) in [5.74, 6) is 0.549. The molecule has 1 N–H and O–H groups in total. The normalized spacial score (nSPS) is 10.1. The summed E-state index contributed by atoms with van der Waals surface area (Å²) in [6, 6.07) is 17.4. The smallest absolute Gasteiger partial charge is 0.138 e. The van der Waals surface area contributed by atoms with Crippen LogP contribution >= 0.6 is 11.6 Å². The standard InChI is InChI=1S/C17H17ClN2O/c18-16-8-7-15(12-19)17(11-16)21-10-4-9-20-13-14-5-2-1-3-6-14/h1-3,5-8,11,20H,4,9-10,13H2. The molecule has 0 saturated carbocycles. The number of hydrogen-bond donors (Lipinski definition) is 1. The number of halogens is 1. The van der Waals surface area contributed by atoms with Gasteiger partial charge in [-0.15, -0.1) is 0 Å². The highest BCUT2D eigenvalue weighted by Gasteiger charge is 2.03. The predicted octanol–water partition coefficient (Wildman–Crippen LogP) is 3.77. The van der Waals surface area contributed by atoms with Crippen LogP contribution in [0.4, 0.5) is 0 Å². The van der Waals surface area contributed by atoms with Crippen molar-refractivity contribution in [2.24, 2.45) is 0 Å². The molecule has 0 fully saturated rings. The van der Waals surface area contributed by atoms with E-state index in [0.29, 0.717) is 22.9 Å². The molecule has 4 heteroatoms. The van der Waals surface area contributed by atoms with Crippen LogP contribution in [0.5, 0.6) is 5.75 Å². The lowest BCUT2D eigenvalue weighted by Crippen LogP contribution is -2.17. The first-order valence-corrected chi connectivity index (χ1v) is 7.24. The molecule has 0 amide bonds. The van der Waals surface area contributed by atoms with Crippen LogP contribution in [0.25, 0.3) is 0 Å². The maximum absolute atomic E-state index is 8.99. The molecule has 0 unspecified atom stereocenters. The van der Waals surface area contributed by atoms with Crippen molar-refractivity contribution in [3.63, 3.8) is 0 Å². The molecule has 2 aromatic carbocycles. The van der Waals surface area contributed by atoms with Gasteiger partial charge in [-0.1, -0.05) is 41.9 Å². The summed E-state index contributed by atoms with van der Waals surface area (Å²) < 4.78 is 5.61. The van der Waals surface area contributed by atoms with Crippen molar-refractivity contribution in [2.75, 3.05) is 13.2 Å². The van der Waals surface area contributed by atoms with Gasteiger partial charge in [0, 0.05) is 17.6 Å². The molecule has 0 bridgehead atoms. The topological polar surface area (TPSA) is 45.0 Å². The Hall–Kier alpha value is -2.02. The first kappa shape index (κ1) is 15.4. The van der Waals surface area contributed by atoms with E-state index in [4.69, 9.17) is 21.6 Å². The Morgan fingerprint density at radius 2 is 1.95 bits per heavy atom. The minimum absolute atomic E-state index is 0.511. The molecular weight excluding hydrogens is 284 g/mol. The number of nitrogens with one attached hydrogen (secondary N) is 1. The molecule has 0 aliphatic heterocycles. The summed E-state index contributed by atoms with van der Waals surface area (Å²) in [6.45, 7) is 2.26. The highest BCUT2D eigenvalue weighted by molar-refractivity contribution is 6.30. The van der Waals surface area contributed by atoms with E-state index in [0.717, 1.165) is 19.5 Å². The number of rotatable bonds is 7. The van der Waals surface area contributed by atoms with Crippen LogP contribution in [-0.2, 0) is 6.54 Å². The van der Waals surface area contributed by atoms with Gasteiger partial charge in [0.15, 0.2) is 0 Å². The molecular formula is C17H17ClN2O. The summed E-state index contributed by atoms with van der Waals surface area (Å²) in [4.78, 5) is 0. The number of benzene rings is 2. The average molecular weight is 301 g/mol. The third-order valence-electron chi connectivity index (χ3n) is 2.99. The molecule has 0 spiro atoms. The summed E-state index contributed by atoms with van der Waals surface area (Å²) >= 11 is 5.90. The molecule has 21 heavy (non-hydrogen) atoms. The van der Waals surface area contributed by atoms with E-state index in [1.54, 1.807) is 18.2 Å². The molecule has 0 aliphatic rings. The Labute approximate surface area is 130 Å². The van der Waals surface area contributed by atoms with Crippen LogP contribution in [0.3, 0.4) is 0 Å². The van der Waals surface area contributed by atoms with E-state index in [1.165, 1.54) is 5.56 Å². The molecule has 0 heterocycles. The van der Waals surface area contributed by atoms with Crippen LogP contribution in [0.1, 0.15) is 17.5 Å². The molecule has 0 aliphatic carbocycles. The van der Waals surface area contributed by atoms with Gasteiger partial charge in [-0.2, -0.15) is 5.26 Å². The first-order chi connectivity index (χ1) is 10.3. The van der Waals surface area contributed by atoms with Gasteiger partial charge in [0.05, 0.1) is 12.2 Å². The zero-order chi connectivity index (χ0) is 14.9. The van der Waals surface area contributed by atoms with Gasteiger partial charge in [-0.25, -0.2) is 0 Å². The minimum atomic E-state index is 0.511. The fraction of sp³-hybridized carbons (Fsp3) is 0.235. The SMILES string of the molecule is N#Cc1ccc(Cl)cc1OCCCNCc1ccccc1. The van der Waals surface area contributed by atoms with Crippen molar-refractivity contribution in [1.82, 2.24) is 5.32 Å². The maximum Gasteiger partial charge on any atom is 0.138 e. The lowest BCUT2D eigenvalue weighted by molar-refractivity contribution is 0.307. The fourth-order valence-electron chi connectivity index (χ4n) is 1.92. The summed E-state index contributed by atoms with van der Waals surface area (Å²) in [7, 11) is 0. The fourth-order valence-corrected chi connectivity index (χ4v) is 2.08. The Bertz CT molecular complexity index is 608. The average Bonchev–Trinajstić information content (AvgIpc) is 2.52. The molecule has 2 rings (SSSR count). The second-order valence-electron chi connectivity index (χ2n) is 4.62. The van der Waals surface area contributed by atoms with Crippen LogP contribution in [-0.4, -0.2) is 13.2 Å². The number of nitriles is 1. The monoisotopic (exact) mass is 300 g/mol. The van der Waals surface area contributed by atoms with E-state index in [2.05, 4.69) is 23.5 Å². The molecule has 3 nitrogen and oxygen atoms in total. The zero-order valence-electron chi connectivity index (χ0n) is 11.7. The van der Waals surface area contributed by atoms with Crippen molar-refractivity contribution in [3.8, 4) is 11.8 Å². The third-order valence-corrected chi connectivity index (χ3v) is 3.23. The molecule has 0 radical (unpaired) electrons. The molecule has 108 valence electrons. The Morgan fingerprint density at radius 3 is 2.71 bits per heavy atom. The van der Waals surface area contributed by atoms with Gasteiger partial charge in [0.1, 0.15) is 11.8 Å². The van der Waals surface area contributed by atoms with Crippen LogP contribution in [0.2, 0.25) is 5.02 Å². The van der Waals surface area contributed by atoms with Gasteiger partial charge in [-0.3, -0.25) is 0 Å². The van der Waals surface area contributed by atoms with Crippen molar-refractivity contribution in [1.29, 1.82) is 5.26 Å². The van der Waals surface area contributed by atoms with E-state index in [1.807, 2.05) is 18.2 Å². The van der Waals surface area contributed by atoms with E-state index < -0.39 is 0 Å². The van der Waals surface area contributed by atoms with E-state index in [-0.39, 0.29) is 0 Å². The second kappa shape index (κ2) is 8.31. The summed E-state index contributed by atoms with van der Waals surface area (Å²) in [5, 5.41) is 12.9. The first-order valence-electron chi connectivity index (χ1n) is 6.86. The summed E-state index contributed by atoms with van der Waals surface area (Å²) in [5.41, 5.74) is 1.77. The van der Waals surface area contributed by atoms with Gasteiger partial charge >= 0.3 is 0 Å². The van der Waals surface area contributed by atoms with Crippen LogP contribution in [0.15, 0.2) is 48.5 Å². The summed E-state index contributed by atoms with van der Waals surface area (Å²) in [6.07, 6.45) is 0.865. The third kappa shape index (κ3) is 5.11. The van der Waals surface area contributed by atoms with Gasteiger partial charge in [0.2, 0.25) is 0 Å². The van der Waals surface area contributed by atoms with Crippen LogP contribution in [0, 0.1) is 11.3 Å². The van der Waals surface area contributed by atoms with Gasteiger partial charge in [0.25, 0.3) is 0 Å². The van der Waals surface area contributed by atoms with Gasteiger partial charge in [-0.05, 0) is 30.7 Å². The second-order valence-corrected chi connectivity index (χ2v) is 5.05. The molecule has 0 atom stereocenters. The highest BCUT2D eigenvalue weighted by Crippen LogP contribution is 2.22. The van der Waals surface area contributed by atoms with Crippen molar-refractivity contribution < 1.29 is 4.74 Å². The maximum atomic E-state index is 8.99. The predicted molar refractivity (Wildman–Crippen MR) is 84.4 cm³/mol. The lowest BCUT2D eigenvalue weighted by atomic mass is 10.2. The van der Waals surface area contributed by atoms with Crippen molar-refractivity contribution in [3.05, 3.63) is 64.7 Å². The zero-order valence-corrected chi connectivity index (χ0v) is 12.4.